The van der Waals surface area contributed by atoms with Gasteiger partial charge in [0.1, 0.15) is 11.6 Å². The Morgan fingerprint density at radius 1 is 1.11 bits per heavy atom. The van der Waals surface area contributed by atoms with E-state index in [1.165, 1.54) is 23.1 Å². The van der Waals surface area contributed by atoms with E-state index >= 15 is 0 Å². The summed E-state index contributed by atoms with van der Waals surface area (Å²) in [4.78, 5) is 20.2. The van der Waals surface area contributed by atoms with Gasteiger partial charge in [-0.15, -0.1) is 0 Å². The number of rotatable bonds is 7. The molecule has 2 aromatic carbocycles. The Balaban J connectivity index is 2.24. The number of anilines is 1. The first-order valence-corrected chi connectivity index (χ1v) is 8.78. The number of likely N-dealkylation sites (N-methyl/N-ethyl adjacent to an activating group) is 1. The summed E-state index contributed by atoms with van der Waals surface area (Å²) in [5, 5.41) is 0. The van der Waals surface area contributed by atoms with Crippen LogP contribution in [0.5, 0.6) is 0 Å². The molecule has 0 aliphatic rings. The molecule has 2 rings (SSSR count). The number of hydrogen-bond acceptors (Lipinski definition) is 3. The molecule has 0 aliphatic carbocycles. The highest BCUT2D eigenvalue weighted by Gasteiger charge is 2.18. The van der Waals surface area contributed by atoms with E-state index in [2.05, 4.69) is 4.99 Å². The van der Waals surface area contributed by atoms with Gasteiger partial charge in [-0.2, -0.15) is 0 Å². The molecule has 0 aromatic heterocycles. The summed E-state index contributed by atoms with van der Waals surface area (Å²) in [5.41, 5.74) is 2.21. The standard InChI is InChI=1S/C21H25F2N3O/c1-6-25(4)13-24-19-11-18(23)16(10-15(19)3)20(27)12-26(5)21-14(2)8-7-9-17(21)22/h7-11,13H,6,12H2,1-5H3. The molecule has 0 radical (unpaired) electrons. The van der Waals surface area contributed by atoms with Crippen LogP contribution in [0.25, 0.3) is 0 Å². The van der Waals surface area contributed by atoms with Crippen molar-refractivity contribution in [3.8, 4) is 0 Å². The van der Waals surface area contributed by atoms with Crippen molar-refractivity contribution in [2.24, 2.45) is 4.99 Å². The van der Waals surface area contributed by atoms with Gasteiger partial charge in [0, 0.05) is 26.7 Å². The number of Topliss-reactive ketones (excluding diaryl/α,β-unsaturated/α-hetero) is 1. The second-order valence-electron chi connectivity index (χ2n) is 6.62. The summed E-state index contributed by atoms with van der Waals surface area (Å²) in [6.45, 7) is 6.18. The number of halogens is 2. The van der Waals surface area contributed by atoms with Gasteiger partial charge in [0.15, 0.2) is 5.78 Å². The van der Waals surface area contributed by atoms with Crippen molar-refractivity contribution in [2.75, 3.05) is 32.1 Å². The van der Waals surface area contributed by atoms with Gasteiger partial charge in [-0.25, -0.2) is 13.8 Å². The Morgan fingerprint density at radius 3 is 2.44 bits per heavy atom. The Kier molecular flexibility index (Phi) is 6.66. The maximum Gasteiger partial charge on any atom is 0.185 e. The maximum atomic E-state index is 14.5. The highest BCUT2D eigenvalue weighted by atomic mass is 19.1. The molecule has 0 saturated carbocycles. The molecule has 0 atom stereocenters. The summed E-state index contributed by atoms with van der Waals surface area (Å²) in [5.74, 6) is -1.45. The third kappa shape index (κ3) is 4.90. The fourth-order valence-corrected chi connectivity index (χ4v) is 2.75. The summed E-state index contributed by atoms with van der Waals surface area (Å²) in [7, 11) is 3.49. The summed E-state index contributed by atoms with van der Waals surface area (Å²) in [6.07, 6.45) is 1.62. The second-order valence-corrected chi connectivity index (χ2v) is 6.62. The zero-order chi connectivity index (χ0) is 20.1. The first-order chi connectivity index (χ1) is 12.7. The summed E-state index contributed by atoms with van der Waals surface area (Å²) in [6, 6.07) is 7.48. The third-order valence-corrected chi connectivity index (χ3v) is 4.43. The molecule has 144 valence electrons. The molecule has 0 N–H and O–H groups in total. The van der Waals surface area contributed by atoms with Gasteiger partial charge in [0.25, 0.3) is 0 Å². The minimum atomic E-state index is -0.629. The van der Waals surface area contributed by atoms with Gasteiger partial charge in [-0.1, -0.05) is 12.1 Å². The molecule has 6 heteroatoms. The molecule has 27 heavy (non-hydrogen) atoms. The molecule has 0 heterocycles. The summed E-state index contributed by atoms with van der Waals surface area (Å²) < 4.78 is 28.6. The number of carbonyl (C=O) groups is 1. The fraction of sp³-hybridized carbons (Fsp3) is 0.333. The van der Waals surface area contributed by atoms with E-state index in [0.29, 0.717) is 22.5 Å². The van der Waals surface area contributed by atoms with E-state index in [1.54, 1.807) is 39.4 Å². The van der Waals surface area contributed by atoms with Crippen LogP contribution in [-0.2, 0) is 0 Å². The molecule has 4 nitrogen and oxygen atoms in total. The van der Waals surface area contributed by atoms with Crippen LogP contribution in [0.3, 0.4) is 0 Å². The molecule has 0 spiro atoms. The van der Waals surface area contributed by atoms with E-state index in [1.807, 2.05) is 18.9 Å². The van der Waals surface area contributed by atoms with Crippen LogP contribution in [0.2, 0.25) is 0 Å². The predicted octanol–water partition coefficient (Wildman–Crippen LogP) is 4.51. The van der Waals surface area contributed by atoms with E-state index < -0.39 is 17.4 Å². The average Bonchev–Trinajstić information content (AvgIpc) is 2.61. The maximum absolute atomic E-state index is 14.5. The number of ketones is 1. The smallest absolute Gasteiger partial charge is 0.185 e. The quantitative estimate of drug-likeness (QED) is 0.407. The summed E-state index contributed by atoms with van der Waals surface area (Å²) >= 11 is 0. The van der Waals surface area contributed by atoms with Crippen molar-refractivity contribution in [1.29, 1.82) is 0 Å². The van der Waals surface area contributed by atoms with Crippen molar-refractivity contribution < 1.29 is 13.6 Å². The van der Waals surface area contributed by atoms with Gasteiger partial charge >= 0.3 is 0 Å². The fourth-order valence-electron chi connectivity index (χ4n) is 2.75. The van der Waals surface area contributed by atoms with Crippen LogP contribution in [0.15, 0.2) is 35.3 Å². The Morgan fingerprint density at radius 2 is 1.81 bits per heavy atom. The number of hydrogen-bond donors (Lipinski definition) is 0. The van der Waals surface area contributed by atoms with Crippen molar-refractivity contribution in [3.63, 3.8) is 0 Å². The Hall–Kier alpha value is -2.76. The first-order valence-electron chi connectivity index (χ1n) is 8.78. The lowest BCUT2D eigenvalue weighted by atomic mass is 10.0. The minimum Gasteiger partial charge on any atom is -0.366 e. The van der Waals surface area contributed by atoms with Gasteiger partial charge in [0.05, 0.1) is 29.8 Å². The number of benzene rings is 2. The molecular formula is C21H25F2N3O. The monoisotopic (exact) mass is 373 g/mol. The van der Waals surface area contributed by atoms with Crippen LogP contribution >= 0.6 is 0 Å². The lowest BCUT2D eigenvalue weighted by molar-refractivity contribution is 0.0996. The molecule has 0 bridgehead atoms. The van der Waals surface area contributed by atoms with Crippen LogP contribution in [0, 0.1) is 25.5 Å². The normalized spacial score (nSPS) is 11.1. The zero-order valence-electron chi connectivity index (χ0n) is 16.4. The Labute approximate surface area is 159 Å². The van der Waals surface area contributed by atoms with E-state index in [9.17, 15) is 13.6 Å². The molecule has 0 fully saturated rings. The number of aliphatic imine (C=N–C) groups is 1. The van der Waals surface area contributed by atoms with Crippen molar-refractivity contribution >= 4 is 23.5 Å². The van der Waals surface area contributed by atoms with E-state index in [-0.39, 0.29) is 12.1 Å². The highest BCUT2D eigenvalue weighted by Crippen LogP contribution is 2.25. The minimum absolute atomic E-state index is 0.0175. The van der Waals surface area contributed by atoms with Gasteiger partial charge in [-0.05, 0) is 44.0 Å². The van der Waals surface area contributed by atoms with Gasteiger partial charge in [-0.3, -0.25) is 4.79 Å². The van der Waals surface area contributed by atoms with Gasteiger partial charge < -0.3 is 9.80 Å². The van der Waals surface area contributed by atoms with Crippen molar-refractivity contribution in [2.45, 2.75) is 20.8 Å². The average molecular weight is 373 g/mol. The molecule has 2 aromatic rings. The molecule has 0 amide bonds. The zero-order valence-corrected chi connectivity index (χ0v) is 16.4. The number of carbonyl (C=O) groups excluding carboxylic acids is 1. The predicted molar refractivity (Wildman–Crippen MR) is 106 cm³/mol. The van der Waals surface area contributed by atoms with E-state index in [0.717, 1.165) is 6.54 Å². The molecule has 0 saturated heterocycles. The van der Waals surface area contributed by atoms with Crippen LogP contribution in [0.1, 0.15) is 28.4 Å². The largest absolute Gasteiger partial charge is 0.366 e. The van der Waals surface area contributed by atoms with E-state index in [4.69, 9.17) is 0 Å². The number of aryl methyl sites for hydroxylation is 2. The first kappa shape index (κ1) is 20.6. The second kappa shape index (κ2) is 8.75. The van der Waals surface area contributed by atoms with Gasteiger partial charge in [0.2, 0.25) is 0 Å². The SMILES string of the molecule is CCN(C)C=Nc1cc(F)c(C(=O)CN(C)c2c(C)cccc2F)cc1C. The van der Waals surface area contributed by atoms with Crippen molar-refractivity contribution in [3.05, 3.63) is 58.7 Å². The van der Waals surface area contributed by atoms with Crippen LogP contribution in [-0.4, -0.2) is 44.2 Å². The van der Waals surface area contributed by atoms with Crippen molar-refractivity contribution in [1.82, 2.24) is 4.90 Å². The Bertz CT molecular complexity index is 844. The number of nitrogens with zero attached hydrogens (tertiary/aromatic N) is 3. The topological polar surface area (TPSA) is 35.9 Å². The highest BCUT2D eigenvalue weighted by molar-refractivity contribution is 6.00. The molecule has 0 aliphatic heterocycles. The third-order valence-electron chi connectivity index (χ3n) is 4.43. The lowest BCUT2D eigenvalue weighted by Gasteiger charge is -2.21. The lowest BCUT2D eigenvalue weighted by Crippen LogP contribution is -2.27. The molecular weight excluding hydrogens is 348 g/mol. The molecule has 0 unspecified atom stereocenters. The number of para-hydroxylation sites is 1. The van der Waals surface area contributed by atoms with Crippen LogP contribution < -0.4 is 4.90 Å². The van der Waals surface area contributed by atoms with Crippen LogP contribution in [0.4, 0.5) is 20.2 Å².